The fourth-order valence-electron chi connectivity index (χ4n) is 3.44. The van der Waals surface area contributed by atoms with Gasteiger partial charge in [-0.15, -0.1) is 0 Å². The molecule has 4 nitrogen and oxygen atoms in total. The highest BCUT2D eigenvalue weighted by molar-refractivity contribution is 5.87. The molecule has 122 valence electrons. The van der Waals surface area contributed by atoms with Crippen molar-refractivity contribution in [3.05, 3.63) is 0 Å². The van der Waals surface area contributed by atoms with Crippen LogP contribution in [-0.2, 0) is 9.59 Å². The highest BCUT2D eigenvalue weighted by Gasteiger charge is 2.36. The summed E-state index contributed by atoms with van der Waals surface area (Å²) in [5.41, 5.74) is 5.59. The van der Waals surface area contributed by atoms with E-state index in [1.807, 2.05) is 11.8 Å². The van der Waals surface area contributed by atoms with Crippen LogP contribution >= 0.6 is 0 Å². The second kappa shape index (κ2) is 8.40. The Bertz CT molecular complexity index is 355. The largest absolute Gasteiger partial charge is 0.369 e. The van der Waals surface area contributed by atoms with Gasteiger partial charge < -0.3 is 10.6 Å². The van der Waals surface area contributed by atoms with Crippen LogP contribution in [-0.4, -0.2) is 29.3 Å². The number of likely N-dealkylation sites (tertiary alicyclic amines) is 1. The quantitative estimate of drug-likeness (QED) is 0.785. The predicted molar refractivity (Wildman–Crippen MR) is 85.6 cm³/mol. The van der Waals surface area contributed by atoms with Gasteiger partial charge in [-0.2, -0.15) is 0 Å². The lowest BCUT2D eigenvalue weighted by Gasteiger charge is -2.38. The van der Waals surface area contributed by atoms with Gasteiger partial charge in [0.15, 0.2) is 0 Å². The minimum absolute atomic E-state index is 0.146. The van der Waals surface area contributed by atoms with E-state index in [0.717, 1.165) is 32.2 Å². The van der Waals surface area contributed by atoms with Crippen molar-refractivity contribution in [2.24, 2.45) is 23.5 Å². The molecule has 0 aromatic heterocycles. The zero-order chi connectivity index (χ0) is 16.0. The molecule has 4 heteroatoms. The molecule has 0 aromatic carbocycles. The second-order valence-electron chi connectivity index (χ2n) is 6.91. The minimum Gasteiger partial charge on any atom is -0.369 e. The maximum Gasteiger partial charge on any atom is 0.226 e. The van der Waals surface area contributed by atoms with Crippen molar-refractivity contribution in [1.29, 1.82) is 0 Å². The molecule has 3 atom stereocenters. The van der Waals surface area contributed by atoms with Crippen LogP contribution in [0.1, 0.15) is 66.2 Å². The van der Waals surface area contributed by atoms with E-state index in [1.165, 1.54) is 6.42 Å². The van der Waals surface area contributed by atoms with E-state index < -0.39 is 0 Å². The average molecular weight is 296 g/mol. The molecule has 2 unspecified atom stereocenters. The molecule has 1 rings (SSSR count). The molecular formula is C17H32N2O2. The summed E-state index contributed by atoms with van der Waals surface area (Å²) in [4.78, 5) is 26.8. The van der Waals surface area contributed by atoms with E-state index in [4.69, 9.17) is 5.73 Å². The Morgan fingerprint density at radius 3 is 2.38 bits per heavy atom. The average Bonchev–Trinajstić information content (AvgIpc) is 2.42. The SMILES string of the molecule is CCCC(C(N)=O)C(CC(C)C)C(=O)N1CCCC[C@H]1C. The summed E-state index contributed by atoms with van der Waals surface area (Å²) in [5, 5.41) is 0. The fraction of sp³-hybridized carbons (Fsp3) is 0.882. The molecular weight excluding hydrogens is 264 g/mol. The van der Waals surface area contributed by atoms with Crippen LogP contribution < -0.4 is 5.73 Å². The number of nitrogens with zero attached hydrogens (tertiary/aromatic N) is 1. The standard InChI is InChI=1S/C17H32N2O2/c1-5-8-14(16(18)20)15(11-12(2)3)17(21)19-10-7-6-9-13(19)4/h12-15H,5-11H2,1-4H3,(H2,18,20)/t13-,14?,15?/m1/s1. The number of primary amides is 1. The summed E-state index contributed by atoms with van der Waals surface area (Å²) < 4.78 is 0. The first kappa shape index (κ1) is 18.0. The molecule has 21 heavy (non-hydrogen) atoms. The number of carbonyl (C=O) groups is 2. The Balaban J connectivity index is 2.93. The summed E-state index contributed by atoms with van der Waals surface area (Å²) in [6.45, 7) is 9.18. The van der Waals surface area contributed by atoms with E-state index in [1.54, 1.807) is 0 Å². The van der Waals surface area contributed by atoms with Crippen LogP contribution in [0.2, 0.25) is 0 Å². The van der Waals surface area contributed by atoms with Crippen molar-refractivity contribution in [3.8, 4) is 0 Å². The molecule has 0 bridgehead atoms. The van der Waals surface area contributed by atoms with Gasteiger partial charge in [-0.3, -0.25) is 9.59 Å². The van der Waals surface area contributed by atoms with Crippen LogP contribution in [0, 0.1) is 17.8 Å². The Labute approximate surface area is 129 Å². The van der Waals surface area contributed by atoms with Crippen molar-refractivity contribution in [2.45, 2.75) is 72.3 Å². The third-order valence-electron chi connectivity index (χ3n) is 4.58. The number of nitrogens with two attached hydrogens (primary N) is 1. The summed E-state index contributed by atoms with van der Waals surface area (Å²) in [6.07, 6.45) is 5.66. The van der Waals surface area contributed by atoms with Gasteiger partial charge in [-0.05, 0) is 44.9 Å². The maximum absolute atomic E-state index is 13.0. The number of hydrogen-bond donors (Lipinski definition) is 1. The Hall–Kier alpha value is -1.06. The number of rotatable bonds is 7. The summed E-state index contributed by atoms with van der Waals surface area (Å²) >= 11 is 0. The van der Waals surface area contributed by atoms with Gasteiger partial charge in [0.1, 0.15) is 0 Å². The van der Waals surface area contributed by atoms with Crippen LogP contribution in [0.3, 0.4) is 0 Å². The normalized spacial score (nSPS) is 22.1. The number of piperidine rings is 1. The summed E-state index contributed by atoms with van der Waals surface area (Å²) in [6, 6.07) is 0.288. The molecule has 0 spiro atoms. The van der Waals surface area contributed by atoms with Gasteiger partial charge in [0, 0.05) is 24.4 Å². The van der Waals surface area contributed by atoms with E-state index in [0.29, 0.717) is 12.3 Å². The fourth-order valence-corrected chi connectivity index (χ4v) is 3.44. The van der Waals surface area contributed by atoms with Crippen molar-refractivity contribution in [3.63, 3.8) is 0 Å². The zero-order valence-corrected chi connectivity index (χ0v) is 14.1. The Morgan fingerprint density at radius 1 is 1.24 bits per heavy atom. The van der Waals surface area contributed by atoms with Crippen molar-refractivity contribution >= 4 is 11.8 Å². The zero-order valence-electron chi connectivity index (χ0n) is 14.1. The molecule has 1 saturated heterocycles. The Morgan fingerprint density at radius 2 is 1.90 bits per heavy atom. The molecule has 1 aliphatic rings. The van der Waals surface area contributed by atoms with E-state index in [2.05, 4.69) is 20.8 Å². The van der Waals surface area contributed by atoms with Crippen molar-refractivity contribution in [2.75, 3.05) is 6.54 Å². The second-order valence-corrected chi connectivity index (χ2v) is 6.91. The third-order valence-corrected chi connectivity index (χ3v) is 4.58. The predicted octanol–water partition coefficient (Wildman–Crippen LogP) is 2.95. The Kier molecular flexibility index (Phi) is 7.20. The van der Waals surface area contributed by atoms with Gasteiger partial charge in [0.25, 0.3) is 0 Å². The smallest absolute Gasteiger partial charge is 0.226 e. The number of hydrogen-bond acceptors (Lipinski definition) is 2. The molecule has 0 radical (unpaired) electrons. The van der Waals surface area contributed by atoms with Crippen LogP contribution in [0.4, 0.5) is 0 Å². The maximum atomic E-state index is 13.0. The van der Waals surface area contributed by atoms with Gasteiger partial charge in [-0.1, -0.05) is 27.2 Å². The van der Waals surface area contributed by atoms with E-state index in [9.17, 15) is 9.59 Å². The monoisotopic (exact) mass is 296 g/mol. The van der Waals surface area contributed by atoms with E-state index in [-0.39, 0.29) is 29.7 Å². The molecule has 1 aliphatic heterocycles. The highest BCUT2D eigenvalue weighted by atomic mass is 16.2. The van der Waals surface area contributed by atoms with Crippen molar-refractivity contribution < 1.29 is 9.59 Å². The molecule has 0 aromatic rings. The summed E-state index contributed by atoms with van der Waals surface area (Å²) in [7, 11) is 0. The minimum atomic E-state index is -0.320. The number of amides is 2. The topological polar surface area (TPSA) is 63.4 Å². The lowest BCUT2D eigenvalue weighted by Crippen LogP contribution is -2.48. The van der Waals surface area contributed by atoms with Gasteiger partial charge in [0.2, 0.25) is 11.8 Å². The number of carbonyl (C=O) groups excluding carboxylic acids is 2. The van der Waals surface area contributed by atoms with Crippen LogP contribution in [0.15, 0.2) is 0 Å². The van der Waals surface area contributed by atoms with Crippen LogP contribution in [0.5, 0.6) is 0 Å². The molecule has 2 amide bonds. The van der Waals surface area contributed by atoms with Crippen molar-refractivity contribution in [1.82, 2.24) is 4.90 Å². The lowest BCUT2D eigenvalue weighted by atomic mass is 9.80. The summed E-state index contributed by atoms with van der Waals surface area (Å²) in [5.74, 6) is -0.353. The van der Waals surface area contributed by atoms with Gasteiger partial charge in [-0.25, -0.2) is 0 Å². The lowest BCUT2D eigenvalue weighted by molar-refractivity contribution is -0.145. The van der Waals surface area contributed by atoms with Gasteiger partial charge in [0.05, 0.1) is 0 Å². The van der Waals surface area contributed by atoms with Gasteiger partial charge >= 0.3 is 0 Å². The third kappa shape index (κ3) is 5.01. The van der Waals surface area contributed by atoms with E-state index >= 15 is 0 Å². The highest BCUT2D eigenvalue weighted by Crippen LogP contribution is 2.29. The van der Waals surface area contributed by atoms with Crippen LogP contribution in [0.25, 0.3) is 0 Å². The molecule has 1 fully saturated rings. The molecule has 0 aliphatic carbocycles. The first-order valence-electron chi connectivity index (χ1n) is 8.48. The molecule has 1 heterocycles. The first-order valence-corrected chi connectivity index (χ1v) is 8.48. The molecule has 2 N–H and O–H groups in total. The molecule has 0 saturated carbocycles. The first-order chi connectivity index (χ1) is 9.88.